The van der Waals surface area contributed by atoms with Crippen molar-refractivity contribution in [2.45, 2.75) is 82.5 Å². The van der Waals surface area contributed by atoms with Gasteiger partial charge >= 0.3 is 6.09 Å². The Morgan fingerprint density at radius 3 is 2.37 bits per heavy atom. The van der Waals surface area contributed by atoms with Gasteiger partial charge < -0.3 is 15.5 Å². The first-order valence-corrected chi connectivity index (χ1v) is 10.2. The maximum atomic E-state index is 12.1. The molecular weight excluding hydrogens is 340 g/mol. The predicted molar refractivity (Wildman–Crippen MR) is 107 cm³/mol. The molecule has 1 aromatic carbocycles. The van der Waals surface area contributed by atoms with Gasteiger partial charge in [0.2, 0.25) is 0 Å². The molecule has 5 nitrogen and oxygen atoms in total. The van der Waals surface area contributed by atoms with Crippen LogP contribution in [0.5, 0.6) is 0 Å². The topological polar surface area (TPSA) is 72.8 Å². The molecule has 1 aromatic rings. The number of hydrogen-bond donors (Lipinski definition) is 3. The minimum absolute atomic E-state index is 0.165. The van der Waals surface area contributed by atoms with Crippen LogP contribution < -0.4 is 5.32 Å². The van der Waals surface area contributed by atoms with Crippen LogP contribution in [0.4, 0.5) is 4.79 Å². The average Bonchev–Trinajstić information content (AvgIpc) is 3.20. The maximum Gasteiger partial charge on any atom is 0.408 e. The summed E-state index contributed by atoms with van der Waals surface area (Å²) >= 11 is 0. The summed E-state index contributed by atoms with van der Waals surface area (Å²) in [6, 6.07) is 9.35. The molecule has 2 saturated carbocycles. The number of hydrogen-bond acceptors (Lipinski definition) is 3. The monoisotopic (exact) mass is 374 g/mol. The minimum Gasteiger partial charge on any atom is -0.465 e. The number of benzene rings is 1. The second kappa shape index (κ2) is 7.80. The van der Waals surface area contributed by atoms with Crippen LogP contribution in [-0.2, 0) is 6.42 Å². The summed E-state index contributed by atoms with van der Waals surface area (Å²) in [6.07, 6.45) is 4.87. The second-order valence-electron chi connectivity index (χ2n) is 9.46. The van der Waals surface area contributed by atoms with Crippen molar-refractivity contribution in [3.63, 3.8) is 0 Å². The Morgan fingerprint density at radius 1 is 1.26 bits per heavy atom. The summed E-state index contributed by atoms with van der Waals surface area (Å²) < 4.78 is 0. The van der Waals surface area contributed by atoms with E-state index in [9.17, 15) is 15.0 Å². The third kappa shape index (κ3) is 4.64. The van der Waals surface area contributed by atoms with E-state index < -0.39 is 23.8 Å². The largest absolute Gasteiger partial charge is 0.465 e. The van der Waals surface area contributed by atoms with Crippen LogP contribution in [0.25, 0.3) is 0 Å². The molecule has 2 fully saturated rings. The lowest BCUT2D eigenvalue weighted by Crippen LogP contribution is -2.59. The van der Waals surface area contributed by atoms with Crippen molar-refractivity contribution in [1.29, 1.82) is 0 Å². The van der Waals surface area contributed by atoms with Crippen molar-refractivity contribution in [2.75, 3.05) is 6.54 Å². The van der Waals surface area contributed by atoms with Gasteiger partial charge in [0.05, 0.1) is 12.1 Å². The fourth-order valence-corrected chi connectivity index (χ4v) is 5.08. The lowest BCUT2D eigenvalue weighted by Gasteiger charge is -2.42. The molecule has 2 bridgehead atoms. The first-order valence-electron chi connectivity index (χ1n) is 10.2. The van der Waals surface area contributed by atoms with E-state index in [0.717, 1.165) is 11.5 Å². The van der Waals surface area contributed by atoms with E-state index in [-0.39, 0.29) is 5.54 Å². The fourth-order valence-electron chi connectivity index (χ4n) is 5.08. The zero-order chi connectivity index (χ0) is 19.7. The van der Waals surface area contributed by atoms with Crippen LogP contribution in [0.2, 0.25) is 0 Å². The highest BCUT2D eigenvalue weighted by Crippen LogP contribution is 2.47. The van der Waals surface area contributed by atoms with E-state index >= 15 is 0 Å². The molecule has 2 aliphatic rings. The summed E-state index contributed by atoms with van der Waals surface area (Å²) in [7, 11) is 0. The zero-order valence-corrected chi connectivity index (χ0v) is 16.8. The standard InChI is InChI=1S/C22H34N2O3/c1-21(2,3)24(20(26)27)18(13-16-7-5-4-6-8-16)19(25)15-23-22-11-9-17(14-22)10-12-22/h4-8,17-19,23,25H,9-15H2,1-3H3,(H,26,27)/t17?,18-,19+,22?/m0/s1. The van der Waals surface area contributed by atoms with Gasteiger partial charge in [-0.25, -0.2) is 4.79 Å². The third-order valence-electron chi connectivity index (χ3n) is 6.42. The molecule has 0 saturated heterocycles. The van der Waals surface area contributed by atoms with Gasteiger partial charge in [-0.1, -0.05) is 30.3 Å². The Kier molecular flexibility index (Phi) is 5.82. The van der Waals surface area contributed by atoms with Gasteiger partial charge in [-0.15, -0.1) is 0 Å². The lowest BCUT2D eigenvalue weighted by molar-refractivity contribution is 0.00496. The van der Waals surface area contributed by atoms with E-state index in [0.29, 0.717) is 13.0 Å². The number of carbonyl (C=O) groups is 1. The van der Waals surface area contributed by atoms with Gasteiger partial charge in [-0.05, 0) is 70.8 Å². The van der Waals surface area contributed by atoms with Crippen LogP contribution >= 0.6 is 0 Å². The van der Waals surface area contributed by atoms with Gasteiger partial charge in [0.25, 0.3) is 0 Å². The quantitative estimate of drug-likeness (QED) is 0.681. The second-order valence-corrected chi connectivity index (χ2v) is 9.46. The minimum atomic E-state index is -0.984. The van der Waals surface area contributed by atoms with Crippen LogP contribution in [0, 0.1) is 5.92 Å². The number of amides is 1. The normalized spacial score (nSPS) is 26.7. The van der Waals surface area contributed by atoms with Crippen LogP contribution in [-0.4, -0.2) is 51.0 Å². The van der Waals surface area contributed by atoms with Gasteiger partial charge in [0.15, 0.2) is 0 Å². The highest BCUT2D eigenvalue weighted by Gasteiger charge is 2.45. The average molecular weight is 375 g/mol. The van der Waals surface area contributed by atoms with Crippen molar-refractivity contribution in [1.82, 2.24) is 10.2 Å². The number of fused-ring (bicyclic) bond motifs is 2. The van der Waals surface area contributed by atoms with Crippen LogP contribution in [0.15, 0.2) is 30.3 Å². The van der Waals surface area contributed by atoms with E-state index in [1.807, 2.05) is 51.1 Å². The number of carboxylic acid groups (broad SMARTS) is 1. The summed E-state index contributed by atoms with van der Waals surface area (Å²) in [5, 5.41) is 24.6. The van der Waals surface area contributed by atoms with Crippen LogP contribution in [0.3, 0.4) is 0 Å². The first-order chi connectivity index (χ1) is 12.7. The highest BCUT2D eigenvalue weighted by atomic mass is 16.4. The Bertz CT molecular complexity index is 633. The molecule has 0 unspecified atom stereocenters. The number of nitrogens with one attached hydrogen (secondary N) is 1. The molecule has 150 valence electrons. The molecule has 1 amide bonds. The molecule has 2 atom stereocenters. The number of aliphatic hydroxyl groups is 1. The number of rotatable bonds is 7. The highest BCUT2D eigenvalue weighted by molar-refractivity contribution is 5.66. The van der Waals surface area contributed by atoms with Gasteiger partial charge in [0.1, 0.15) is 0 Å². The van der Waals surface area contributed by atoms with Crippen molar-refractivity contribution in [2.24, 2.45) is 5.92 Å². The third-order valence-corrected chi connectivity index (χ3v) is 6.42. The van der Waals surface area contributed by atoms with Gasteiger partial charge in [0, 0.05) is 17.6 Å². The molecule has 0 aromatic heterocycles. The van der Waals surface area contributed by atoms with Crippen LogP contribution in [0.1, 0.15) is 58.4 Å². The van der Waals surface area contributed by atoms with E-state index in [2.05, 4.69) is 5.32 Å². The Labute approximate surface area is 162 Å². The predicted octanol–water partition coefficient (Wildman–Crippen LogP) is 3.66. The summed E-state index contributed by atoms with van der Waals surface area (Å²) in [6.45, 7) is 6.09. The molecule has 3 rings (SSSR count). The Hall–Kier alpha value is -1.59. The zero-order valence-electron chi connectivity index (χ0n) is 16.8. The molecule has 0 heterocycles. The fraction of sp³-hybridized carbons (Fsp3) is 0.682. The molecule has 2 aliphatic carbocycles. The van der Waals surface area contributed by atoms with Gasteiger partial charge in [-0.3, -0.25) is 4.90 Å². The smallest absolute Gasteiger partial charge is 0.408 e. The molecule has 3 N–H and O–H groups in total. The van der Waals surface area contributed by atoms with Gasteiger partial charge in [-0.2, -0.15) is 0 Å². The lowest BCUT2D eigenvalue weighted by atomic mass is 9.91. The number of nitrogens with zero attached hydrogens (tertiary/aromatic N) is 1. The first kappa shape index (κ1) is 20.2. The molecule has 27 heavy (non-hydrogen) atoms. The van der Waals surface area contributed by atoms with Crippen molar-refractivity contribution < 1.29 is 15.0 Å². The molecular formula is C22H34N2O3. The van der Waals surface area contributed by atoms with E-state index in [4.69, 9.17) is 0 Å². The van der Waals surface area contributed by atoms with E-state index in [1.54, 1.807) is 0 Å². The maximum absolute atomic E-state index is 12.1. The number of aliphatic hydroxyl groups excluding tert-OH is 1. The Morgan fingerprint density at radius 2 is 1.89 bits per heavy atom. The van der Waals surface area contributed by atoms with Crippen molar-refractivity contribution in [3.8, 4) is 0 Å². The molecule has 0 aliphatic heterocycles. The Balaban J connectivity index is 1.76. The summed E-state index contributed by atoms with van der Waals surface area (Å²) in [4.78, 5) is 13.5. The molecule has 0 spiro atoms. The van der Waals surface area contributed by atoms with Crippen molar-refractivity contribution in [3.05, 3.63) is 35.9 Å². The molecule has 0 radical (unpaired) electrons. The molecule has 5 heteroatoms. The van der Waals surface area contributed by atoms with Crippen molar-refractivity contribution >= 4 is 6.09 Å². The summed E-state index contributed by atoms with van der Waals surface area (Å²) in [5.41, 5.74) is 0.617. The summed E-state index contributed by atoms with van der Waals surface area (Å²) in [5.74, 6) is 0.833. The SMILES string of the molecule is CC(C)(C)N(C(=O)O)[C@@H](Cc1ccccc1)[C@H](O)CNC12CCC(CC1)C2. The number of β-amino-alcohol motifs (C(OH)–C–C–N with tert-alkyl or cyclic N) is 1. The van der Waals surface area contributed by atoms with E-state index in [1.165, 1.54) is 37.0 Å².